The summed E-state index contributed by atoms with van der Waals surface area (Å²) in [5.41, 5.74) is 1.16. The Hall–Kier alpha value is -0.920. The fourth-order valence-electron chi connectivity index (χ4n) is 4.76. The third kappa shape index (κ3) is 15.9. The van der Waals surface area contributed by atoms with Gasteiger partial charge in [0.25, 0.3) is 0 Å². The smallest absolute Gasteiger partial charge is 0.136 e. The minimum atomic E-state index is 0.270. The Bertz CT molecular complexity index is 451. The lowest BCUT2D eigenvalue weighted by atomic mass is 9.87. The Labute approximate surface area is 187 Å². The monoisotopic (exact) mass is 418 g/mol. The van der Waals surface area contributed by atoms with E-state index >= 15 is 0 Å². The molecule has 0 radical (unpaired) electrons. The number of hydrogen-bond donors (Lipinski definition) is 0. The molecule has 0 bridgehead atoms. The van der Waals surface area contributed by atoms with Crippen LogP contribution in [-0.4, -0.2) is 11.6 Å². The topological polar surface area (TPSA) is 34.1 Å². The first kappa shape index (κ1) is 27.1. The van der Waals surface area contributed by atoms with Crippen LogP contribution in [0.4, 0.5) is 0 Å². The van der Waals surface area contributed by atoms with Crippen LogP contribution in [0, 0.1) is 5.92 Å². The van der Waals surface area contributed by atoms with Crippen LogP contribution in [0.15, 0.2) is 12.2 Å². The molecule has 2 nitrogen and oxygen atoms in total. The van der Waals surface area contributed by atoms with Gasteiger partial charge in [-0.3, -0.25) is 9.59 Å². The molecule has 0 spiro atoms. The van der Waals surface area contributed by atoms with Crippen LogP contribution in [0.3, 0.4) is 0 Å². The van der Waals surface area contributed by atoms with Gasteiger partial charge in [-0.05, 0) is 39.0 Å². The van der Waals surface area contributed by atoms with E-state index in [9.17, 15) is 9.59 Å². The SMILES string of the molecule is C=C(C)CC1CCCCCCCCCCC1=O.O=C1CCCCCCCCCCC1. The van der Waals surface area contributed by atoms with E-state index in [2.05, 4.69) is 6.58 Å². The Kier molecular flexibility index (Phi) is 17.0. The summed E-state index contributed by atoms with van der Waals surface area (Å²) in [5, 5.41) is 0. The molecular weight excluding hydrogens is 368 g/mol. The van der Waals surface area contributed by atoms with E-state index in [-0.39, 0.29) is 5.92 Å². The molecule has 0 amide bonds. The third-order valence-corrected chi connectivity index (χ3v) is 6.69. The number of Topliss-reactive ketones (excluding diaryl/α,β-unsaturated/α-hetero) is 2. The van der Waals surface area contributed by atoms with Crippen molar-refractivity contribution < 1.29 is 9.59 Å². The van der Waals surface area contributed by atoms with Gasteiger partial charge in [-0.1, -0.05) is 95.5 Å². The van der Waals surface area contributed by atoms with Crippen molar-refractivity contribution in [2.75, 3.05) is 0 Å². The molecule has 174 valence electrons. The Morgan fingerprint density at radius 3 is 1.43 bits per heavy atom. The van der Waals surface area contributed by atoms with Crippen molar-refractivity contribution in [2.45, 2.75) is 148 Å². The number of rotatable bonds is 2. The summed E-state index contributed by atoms with van der Waals surface area (Å²) in [6.45, 7) is 6.01. The van der Waals surface area contributed by atoms with Gasteiger partial charge >= 0.3 is 0 Å². The summed E-state index contributed by atoms with van der Waals surface area (Å²) < 4.78 is 0. The van der Waals surface area contributed by atoms with Gasteiger partial charge in [0.15, 0.2) is 0 Å². The molecule has 1 unspecified atom stereocenters. The second-order valence-corrected chi connectivity index (χ2v) is 9.91. The van der Waals surface area contributed by atoms with Gasteiger partial charge in [0.2, 0.25) is 0 Å². The molecule has 0 heterocycles. The lowest BCUT2D eigenvalue weighted by molar-refractivity contribution is -0.123. The van der Waals surface area contributed by atoms with Gasteiger partial charge in [0.1, 0.15) is 11.6 Å². The molecule has 2 aliphatic carbocycles. The molecule has 0 aromatic heterocycles. The number of carbonyl (C=O) groups is 2. The first-order chi connectivity index (χ1) is 14.6. The maximum atomic E-state index is 12.1. The fourth-order valence-corrected chi connectivity index (χ4v) is 4.76. The molecule has 2 saturated carbocycles. The molecule has 0 saturated heterocycles. The van der Waals surface area contributed by atoms with E-state index in [0.29, 0.717) is 11.6 Å². The highest BCUT2D eigenvalue weighted by Crippen LogP contribution is 2.23. The van der Waals surface area contributed by atoms with Crippen molar-refractivity contribution in [3.63, 3.8) is 0 Å². The molecule has 0 aromatic carbocycles. The van der Waals surface area contributed by atoms with E-state index in [1.54, 1.807) is 0 Å². The van der Waals surface area contributed by atoms with E-state index in [4.69, 9.17) is 0 Å². The van der Waals surface area contributed by atoms with Crippen LogP contribution in [0.1, 0.15) is 148 Å². The number of allylic oxidation sites excluding steroid dienone is 1. The number of carbonyl (C=O) groups excluding carboxylic acids is 2. The molecule has 2 heteroatoms. The lowest BCUT2D eigenvalue weighted by Crippen LogP contribution is -2.15. The number of ketones is 2. The van der Waals surface area contributed by atoms with Crippen molar-refractivity contribution in [1.29, 1.82) is 0 Å². The Balaban J connectivity index is 0.000000311. The third-order valence-electron chi connectivity index (χ3n) is 6.69. The first-order valence-corrected chi connectivity index (χ1v) is 13.3. The average Bonchev–Trinajstić information content (AvgIpc) is 2.70. The zero-order chi connectivity index (χ0) is 21.9. The molecule has 0 aliphatic heterocycles. The van der Waals surface area contributed by atoms with E-state index in [1.165, 1.54) is 89.9 Å². The summed E-state index contributed by atoms with van der Waals surface area (Å²) in [7, 11) is 0. The zero-order valence-electron chi connectivity index (χ0n) is 20.2. The van der Waals surface area contributed by atoms with Gasteiger partial charge in [-0.2, -0.15) is 0 Å². The van der Waals surface area contributed by atoms with E-state index < -0.39 is 0 Å². The van der Waals surface area contributed by atoms with Gasteiger partial charge in [-0.15, -0.1) is 6.58 Å². The lowest BCUT2D eigenvalue weighted by Gasteiger charge is -2.16. The van der Waals surface area contributed by atoms with Crippen molar-refractivity contribution >= 4 is 11.6 Å². The molecule has 0 aromatic rings. The second kappa shape index (κ2) is 18.8. The fraction of sp³-hybridized carbons (Fsp3) is 0.857. The van der Waals surface area contributed by atoms with Gasteiger partial charge in [0.05, 0.1) is 0 Å². The quantitative estimate of drug-likeness (QED) is 0.419. The van der Waals surface area contributed by atoms with Crippen molar-refractivity contribution in [1.82, 2.24) is 0 Å². The van der Waals surface area contributed by atoms with Crippen LogP contribution in [-0.2, 0) is 9.59 Å². The molecule has 2 rings (SSSR count). The number of hydrogen-bond acceptors (Lipinski definition) is 2. The van der Waals surface area contributed by atoms with Crippen molar-refractivity contribution in [3.8, 4) is 0 Å². The highest BCUT2D eigenvalue weighted by atomic mass is 16.1. The van der Waals surface area contributed by atoms with Crippen LogP contribution in [0.25, 0.3) is 0 Å². The predicted molar refractivity (Wildman–Crippen MR) is 130 cm³/mol. The summed E-state index contributed by atoms with van der Waals surface area (Å²) in [6, 6.07) is 0. The van der Waals surface area contributed by atoms with Crippen LogP contribution in [0.5, 0.6) is 0 Å². The highest BCUT2D eigenvalue weighted by Gasteiger charge is 2.17. The average molecular weight is 419 g/mol. The molecule has 2 aliphatic rings. The van der Waals surface area contributed by atoms with Crippen molar-refractivity contribution in [2.24, 2.45) is 5.92 Å². The predicted octanol–water partition coefficient (Wildman–Crippen LogP) is 8.91. The summed E-state index contributed by atoms with van der Waals surface area (Å²) in [5.74, 6) is 1.26. The standard InChI is InChI=1S/C16H28O.C12H22O/c1-14(2)13-15-11-9-7-5-3-4-6-8-10-12-16(15)17;13-12-10-8-6-4-2-1-3-5-7-9-11-12/h15H,1,3-13H2,2H3;1-11H2. The molecule has 0 N–H and O–H groups in total. The second-order valence-electron chi connectivity index (χ2n) is 9.91. The summed E-state index contributed by atoms with van der Waals surface area (Å²) in [6.07, 6.45) is 26.5. The Morgan fingerprint density at radius 1 is 0.633 bits per heavy atom. The zero-order valence-corrected chi connectivity index (χ0v) is 20.2. The largest absolute Gasteiger partial charge is 0.300 e. The van der Waals surface area contributed by atoms with Crippen molar-refractivity contribution in [3.05, 3.63) is 12.2 Å². The van der Waals surface area contributed by atoms with E-state index in [0.717, 1.165) is 56.9 Å². The molecule has 30 heavy (non-hydrogen) atoms. The van der Waals surface area contributed by atoms with Gasteiger partial charge in [0, 0.05) is 25.2 Å². The first-order valence-electron chi connectivity index (χ1n) is 13.3. The molecule has 1 atom stereocenters. The maximum absolute atomic E-state index is 12.1. The van der Waals surface area contributed by atoms with Crippen LogP contribution in [0.2, 0.25) is 0 Å². The molecule has 2 fully saturated rings. The minimum absolute atomic E-state index is 0.270. The van der Waals surface area contributed by atoms with E-state index in [1.807, 2.05) is 6.92 Å². The normalized spacial score (nSPS) is 24.1. The van der Waals surface area contributed by atoms with Gasteiger partial charge in [-0.25, -0.2) is 0 Å². The summed E-state index contributed by atoms with van der Waals surface area (Å²) >= 11 is 0. The van der Waals surface area contributed by atoms with Crippen LogP contribution < -0.4 is 0 Å². The summed E-state index contributed by atoms with van der Waals surface area (Å²) in [4.78, 5) is 23.4. The maximum Gasteiger partial charge on any atom is 0.136 e. The minimum Gasteiger partial charge on any atom is -0.300 e. The molecular formula is C28H50O2. The highest BCUT2D eigenvalue weighted by molar-refractivity contribution is 5.81. The Morgan fingerprint density at radius 2 is 1.00 bits per heavy atom. The van der Waals surface area contributed by atoms with Crippen LogP contribution >= 0.6 is 0 Å². The van der Waals surface area contributed by atoms with Gasteiger partial charge < -0.3 is 0 Å².